The van der Waals surface area contributed by atoms with Crippen molar-refractivity contribution in [3.63, 3.8) is 0 Å². The Labute approximate surface area is 113 Å². The molecule has 0 unspecified atom stereocenters. The SMILES string of the molecule is CC(=O)c1ccc(NC(=O)N(CCO)C(C)C)cc1. The molecule has 0 spiro atoms. The number of carbonyl (C=O) groups is 2. The highest BCUT2D eigenvalue weighted by atomic mass is 16.3. The molecule has 0 atom stereocenters. The zero-order valence-corrected chi connectivity index (χ0v) is 11.5. The lowest BCUT2D eigenvalue weighted by molar-refractivity contribution is 0.101. The number of anilines is 1. The van der Waals surface area contributed by atoms with Crippen LogP contribution in [0.4, 0.5) is 10.5 Å². The zero-order valence-electron chi connectivity index (χ0n) is 11.5. The number of rotatable bonds is 5. The number of benzene rings is 1. The lowest BCUT2D eigenvalue weighted by Crippen LogP contribution is -2.41. The van der Waals surface area contributed by atoms with Gasteiger partial charge in [0.15, 0.2) is 5.78 Å². The number of nitrogens with zero attached hydrogens (tertiary/aromatic N) is 1. The molecule has 0 aliphatic carbocycles. The van der Waals surface area contributed by atoms with Crippen LogP contribution in [0.5, 0.6) is 0 Å². The molecule has 0 heterocycles. The van der Waals surface area contributed by atoms with E-state index < -0.39 is 0 Å². The summed E-state index contributed by atoms with van der Waals surface area (Å²) in [6, 6.07) is 6.45. The summed E-state index contributed by atoms with van der Waals surface area (Å²) in [5, 5.41) is 11.7. The van der Waals surface area contributed by atoms with Crippen LogP contribution in [0.25, 0.3) is 0 Å². The Morgan fingerprint density at radius 3 is 2.26 bits per heavy atom. The molecule has 104 valence electrons. The molecule has 5 heteroatoms. The maximum absolute atomic E-state index is 12.0. The molecule has 1 aromatic carbocycles. The highest BCUT2D eigenvalue weighted by Gasteiger charge is 2.16. The molecule has 0 fully saturated rings. The van der Waals surface area contributed by atoms with Gasteiger partial charge in [-0.05, 0) is 45.0 Å². The molecule has 5 nitrogen and oxygen atoms in total. The number of aliphatic hydroxyl groups excluding tert-OH is 1. The molecule has 0 bridgehead atoms. The largest absolute Gasteiger partial charge is 0.395 e. The standard InChI is InChI=1S/C14H20N2O3/c1-10(2)16(8-9-17)14(19)15-13-6-4-12(5-7-13)11(3)18/h4-7,10,17H,8-9H2,1-3H3,(H,15,19). The first kappa shape index (κ1) is 15.2. The van der Waals surface area contributed by atoms with Crippen LogP contribution in [-0.4, -0.2) is 41.0 Å². The molecule has 1 aromatic rings. The zero-order chi connectivity index (χ0) is 14.4. The van der Waals surface area contributed by atoms with E-state index in [-0.39, 0.29) is 31.0 Å². The van der Waals surface area contributed by atoms with Crippen molar-refractivity contribution in [2.45, 2.75) is 26.8 Å². The van der Waals surface area contributed by atoms with E-state index in [1.807, 2.05) is 13.8 Å². The fourth-order valence-corrected chi connectivity index (χ4v) is 1.69. The van der Waals surface area contributed by atoms with Crippen molar-refractivity contribution in [2.75, 3.05) is 18.5 Å². The fraction of sp³-hybridized carbons (Fsp3) is 0.429. The number of hydrogen-bond donors (Lipinski definition) is 2. The Kier molecular flexibility index (Phi) is 5.51. The average molecular weight is 264 g/mol. The molecule has 0 saturated carbocycles. The second-order valence-corrected chi connectivity index (χ2v) is 4.57. The summed E-state index contributed by atoms with van der Waals surface area (Å²) in [6.45, 7) is 5.47. The minimum Gasteiger partial charge on any atom is -0.395 e. The summed E-state index contributed by atoms with van der Waals surface area (Å²) in [4.78, 5) is 24.7. The van der Waals surface area contributed by atoms with E-state index in [1.54, 1.807) is 29.2 Å². The Morgan fingerprint density at radius 2 is 1.84 bits per heavy atom. The van der Waals surface area contributed by atoms with Gasteiger partial charge in [0, 0.05) is 23.8 Å². The number of amides is 2. The van der Waals surface area contributed by atoms with Crippen molar-refractivity contribution in [1.82, 2.24) is 4.90 Å². The third kappa shape index (κ3) is 4.37. The van der Waals surface area contributed by atoms with Gasteiger partial charge >= 0.3 is 6.03 Å². The van der Waals surface area contributed by atoms with Crippen molar-refractivity contribution in [1.29, 1.82) is 0 Å². The van der Waals surface area contributed by atoms with Gasteiger partial charge in [0.05, 0.1) is 6.61 Å². The van der Waals surface area contributed by atoms with Crippen LogP contribution in [0, 0.1) is 0 Å². The van der Waals surface area contributed by atoms with Crippen LogP contribution in [0.2, 0.25) is 0 Å². The molecule has 2 amide bonds. The van der Waals surface area contributed by atoms with Gasteiger partial charge in [0.1, 0.15) is 0 Å². The smallest absolute Gasteiger partial charge is 0.322 e. The lowest BCUT2D eigenvalue weighted by atomic mass is 10.1. The maximum Gasteiger partial charge on any atom is 0.322 e. The molecule has 0 aliphatic heterocycles. The Morgan fingerprint density at radius 1 is 1.26 bits per heavy atom. The van der Waals surface area contributed by atoms with Gasteiger partial charge in [-0.25, -0.2) is 4.79 Å². The van der Waals surface area contributed by atoms with Gasteiger partial charge in [0.25, 0.3) is 0 Å². The molecular formula is C14H20N2O3. The van der Waals surface area contributed by atoms with Gasteiger partial charge in [-0.1, -0.05) is 0 Å². The summed E-state index contributed by atoms with van der Waals surface area (Å²) in [5.74, 6) is -0.0121. The van der Waals surface area contributed by atoms with Crippen LogP contribution < -0.4 is 5.32 Å². The van der Waals surface area contributed by atoms with Crippen LogP contribution in [-0.2, 0) is 0 Å². The Balaban J connectivity index is 2.72. The molecule has 2 N–H and O–H groups in total. The van der Waals surface area contributed by atoms with E-state index in [2.05, 4.69) is 5.32 Å². The summed E-state index contributed by atoms with van der Waals surface area (Å²) in [5.41, 5.74) is 1.23. The van der Waals surface area contributed by atoms with Crippen LogP contribution in [0.1, 0.15) is 31.1 Å². The quantitative estimate of drug-likeness (QED) is 0.800. The van der Waals surface area contributed by atoms with E-state index in [1.165, 1.54) is 6.92 Å². The maximum atomic E-state index is 12.0. The number of carbonyl (C=O) groups excluding carboxylic acids is 2. The predicted octanol–water partition coefficient (Wildman–Crippen LogP) is 2.12. The minimum atomic E-state index is -0.264. The van der Waals surface area contributed by atoms with Crippen molar-refractivity contribution < 1.29 is 14.7 Å². The lowest BCUT2D eigenvalue weighted by Gasteiger charge is -2.26. The van der Waals surface area contributed by atoms with E-state index in [4.69, 9.17) is 5.11 Å². The number of Topliss-reactive ketones (excluding diaryl/α,β-unsaturated/α-hetero) is 1. The molecule has 19 heavy (non-hydrogen) atoms. The Bertz CT molecular complexity index is 441. The summed E-state index contributed by atoms with van der Waals surface area (Å²) >= 11 is 0. The number of aliphatic hydroxyl groups is 1. The van der Waals surface area contributed by atoms with E-state index >= 15 is 0 Å². The van der Waals surface area contributed by atoms with E-state index in [0.717, 1.165) is 0 Å². The van der Waals surface area contributed by atoms with Crippen molar-refractivity contribution in [3.05, 3.63) is 29.8 Å². The molecule has 0 radical (unpaired) electrons. The van der Waals surface area contributed by atoms with Crippen LogP contribution in [0.3, 0.4) is 0 Å². The summed E-state index contributed by atoms with van der Waals surface area (Å²) in [7, 11) is 0. The Hall–Kier alpha value is -1.88. The van der Waals surface area contributed by atoms with Gasteiger partial charge in [-0.3, -0.25) is 4.79 Å². The predicted molar refractivity (Wildman–Crippen MR) is 74.4 cm³/mol. The molecule has 1 rings (SSSR count). The van der Waals surface area contributed by atoms with Gasteiger partial charge in [-0.2, -0.15) is 0 Å². The van der Waals surface area contributed by atoms with Crippen molar-refractivity contribution in [2.24, 2.45) is 0 Å². The first-order chi connectivity index (χ1) is 8.95. The molecular weight excluding hydrogens is 244 g/mol. The fourth-order valence-electron chi connectivity index (χ4n) is 1.69. The van der Waals surface area contributed by atoms with Gasteiger partial charge in [0.2, 0.25) is 0 Å². The van der Waals surface area contributed by atoms with Gasteiger partial charge < -0.3 is 15.3 Å². The van der Waals surface area contributed by atoms with E-state index in [0.29, 0.717) is 11.3 Å². The third-order valence-electron chi connectivity index (χ3n) is 2.77. The highest BCUT2D eigenvalue weighted by molar-refractivity contribution is 5.95. The highest BCUT2D eigenvalue weighted by Crippen LogP contribution is 2.11. The first-order valence-electron chi connectivity index (χ1n) is 6.25. The third-order valence-corrected chi connectivity index (χ3v) is 2.77. The van der Waals surface area contributed by atoms with Gasteiger partial charge in [-0.15, -0.1) is 0 Å². The monoisotopic (exact) mass is 264 g/mol. The number of hydrogen-bond acceptors (Lipinski definition) is 3. The summed E-state index contributed by atoms with van der Waals surface area (Å²) < 4.78 is 0. The first-order valence-corrected chi connectivity index (χ1v) is 6.25. The molecule has 0 saturated heterocycles. The second-order valence-electron chi connectivity index (χ2n) is 4.57. The summed E-state index contributed by atoms with van der Waals surface area (Å²) in [6.07, 6.45) is 0. The second kappa shape index (κ2) is 6.89. The molecule has 0 aliphatic rings. The van der Waals surface area contributed by atoms with E-state index in [9.17, 15) is 9.59 Å². The number of urea groups is 1. The minimum absolute atomic E-state index is 0.00337. The van der Waals surface area contributed by atoms with Crippen LogP contribution in [0.15, 0.2) is 24.3 Å². The normalized spacial score (nSPS) is 10.4. The van der Waals surface area contributed by atoms with Crippen LogP contribution >= 0.6 is 0 Å². The number of nitrogens with one attached hydrogen (secondary N) is 1. The number of ketones is 1. The van der Waals surface area contributed by atoms with Crippen molar-refractivity contribution >= 4 is 17.5 Å². The topological polar surface area (TPSA) is 69.6 Å². The average Bonchev–Trinajstić information content (AvgIpc) is 2.36. The molecule has 0 aromatic heterocycles. The van der Waals surface area contributed by atoms with Crippen molar-refractivity contribution in [3.8, 4) is 0 Å².